The summed E-state index contributed by atoms with van der Waals surface area (Å²) in [5.74, 6) is -2.87. The van der Waals surface area contributed by atoms with E-state index in [0.717, 1.165) is 30.6 Å². The van der Waals surface area contributed by atoms with Crippen LogP contribution in [0.15, 0.2) is 0 Å². The highest BCUT2D eigenvalue weighted by Gasteiger charge is 2.48. The predicted octanol–water partition coefficient (Wildman–Crippen LogP) is -0.558. The number of amides is 4. The number of ether oxygens (including phenoxy) is 1. The second kappa shape index (κ2) is 8.06. The van der Waals surface area contributed by atoms with E-state index < -0.39 is 25.0 Å². The quantitative estimate of drug-likeness (QED) is 0.469. The van der Waals surface area contributed by atoms with Crippen molar-refractivity contribution in [2.24, 2.45) is 11.8 Å². The number of nitrogens with one attached hydrogen (secondary N) is 1. The SMILES string of the molecule is CN(CC(=O)NC1CC1)C(=O)COC(=O)CN1C(=O)[C@H]2CCCC[C@@H]2C1=O. The summed E-state index contributed by atoms with van der Waals surface area (Å²) in [6, 6.07) is 0.207. The fraction of sp³-hybridized carbons (Fsp3) is 0.722. The molecule has 1 aliphatic heterocycles. The van der Waals surface area contributed by atoms with E-state index in [0.29, 0.717) is 12.8 Å². The highest BCUT2D eigenvalue weighted by Crippen LogP contribution is 2.37. The van der Waals surface area contributed by atoms with Crippen molar-refractivity contribution in [2.75, 3.05) is 26.7 Å². The molecule has 0 bridgehead atoms. The second-order valence-corrected chi connectivity index (χ2v) is 7.51. The zero-order valence-corrected chi connectivity index (χ0v) is 15.4. The zero-order valence-electron chi connectivity index (χ0n) is 15.4. The van der Waals surface area contributed by atoms with E-state index in [4.69, 9.17) is 4.74 Å². The lowest BCUT2D eigenvalue weighted by Crippen LogP contribution is -2.41. The minimum absolute atomic E-state index is 0.112. The van der Waals surface area contributed by atoms with Gasteiger partial charge >= 0.3 is 5.97 Å². The van der Waals surface area contributed by atoms with Crippen LogP contribution >= 0.6 is 0 Å². The summed E-state index contributed by atoms with van der Waals surface area (Å²) in [7, 11) is 1.45. The molecule has 9 heteroatoms. The molecule has 27 heavy (non-hydrogen) atoms. The molecular weight excluding hydrogens is 354 g/mol. The summed E-state index contributed by atoms with van der Waals surface area (Å²) in [5, 5.41) is 2.76. The fourth-order valence-corrected chi connectivity index (χ4v) is 3.62. The summed E-state index contributed by atoms with van der Waals surface area (Å²) < 4.78 is 4.90. The Bertz CT molecular complexity index is 635. The van der Waals surface area contributed by atoms with Crippen LogP contribution in [0.4, 0.5) is 0 Å². The average molecular weight is 379 g/mol. The van der Waals surface area contributed by atoms with E-state index in [1.807, 2.05) is 0 Å². The summed E-state index contributed by atoms with van der Waals surface area (Å²) in [6.45, 7) is -1.11. The molecule has 1 saturated heterocycles. The van der Waals surface area contributed by atoms with Gasteiger partial charge in [0, 0.05) is 13.1 Å². The normalized spacial score (nSPS) is 24.4. The maximum Gasteiger partial charge on any atom is 0.326 e. The van der Waals surface area contributed by atoms with Crippen LogP contribution in [0, 0.1) is 11.8 Å². The topological polar surface area (TPSA) is 113 Å². The van der Waals surface area contributed by atoms with Gasteiger partial charge in [-0.05, 0) is 25.7 Å². The van der Waals surface area contributed by atoms with Crippen LogP contribution in [0.5, 0.6) is 0 Å². The Labute approximate surface area is 157 Å². The maximum atomic E-state index is 12.3. The van der Waals surface area contributed by atoms with E-state index in [-0.39, 0.29) is 42.1 Å². The third kappa shape index (κ3) is 4.64. The number of nitrogens with zero attached hydrogens (tertiary/aromatic N) is 2. The Hall–Kier alpha value is -2.45. The third-order valence-corrected chi connectivity index (χ3v) is 5.33. The number of imide groups is 1. The first kappa shape index (κ1) is 19.3. The Morgan fingerprint density at radius 1 is 1.07 bits per heavy atom. The molecule has 4 amide bonds. The Morgan fingerprint density at radius 2 is 1.67 bits per heavy atom. The lowest BCUT2D eigenvalue weighted by atomic mass is 9.81. The molecule has 0 aromatic rings. The van der Waals surface area contributed by atoms with Crippen LogP contribution in [0.3, 0.4) is 0 Å². The molecule has 9 nitrogen and oxygen atoms in total. The van der Waals surface area contributed by atoms with Gasteiger partial charge in [-0.15, -0.1) is 0 Å². The third-order valence-electron chi connectivity index (χ3n) is 5.33. The van der Waals surface area contributed by atoms with Gasteiger partial charge in [-0.1, -0.05) is 12.8 Å². The van der Waals surface area contributed by atoms with Gasteiger partial charge in [0.25, 0.3) is 5.91 Å². The van der Waals surface area contributed by atoms with Gasteiger partial charge in [0.1, 0.15) is 6.54 Å². The van der Waals surface area contributed by atoms with E-state index in [1.54, 1.807) is 0 Å². The molecule has 2 aliphatic carbocycles. The number of carbonyl (C=O) groups excluding carboxylic acids is 5. The maximum absolute atomic E-state index is 12.3. The van der Waals surface area contributed by atoms with Crippen molar-refractivity contribution < 1.29 is 28.7 Å². The minimum atomic E-state index is -0.806. The van der Waals surface area contributed by atoms with Gasteiger partial charge in [-0.2, -0.15) is 0 Å². The van der Waals surface area contributed by atoms with E-state index in [2.05, 4.69) is 5.32 Å². The number of likely N-dealkylation sites (N-methyl/N-ethyl adjacent to an activating group) is 1. The van der Waals surface area contributed by atoms with Crippen LogP contribution in [-0.4, -0.2) is 72.2 Å². The van der Waals surface area contributed by atoms with Crippen LogP contribution in [-0.2, 0) is 28.7 Å². The highest BCUT2D eigenvalue weighted by molar-refractivity contribution is 6.07. The van der Waals surface area contributed by atoms with Crippen molar-refractivity contribution in [3.05, 3.63) is 0 Å². The molecule has 0 aromatic heterocycles. The standard InChI is InChI=1S/C18H25N3O6/c1-20(8-14(22)19-11-6-7-11)15(23)10-27-16(24)9-21-17(25)12-4-2-3-5-13(12)18(21)26/h11-13H,2-10H2,1H3,(H,19,22)/t12-,13-/m0/s1. The number of hydrogen-bond donors (Lipinski definition) is 1. The average Bonchev–Trinajstić information content (AvgIpc) is 3.42. The molecule has 3 fully saturated rings. The van der Waals surface area contributed by atoms with Crippen LogP contribution < -0.4 is 5.32 Å². The number of hydrogen-bond acceptors (Lipinski definition) is 6. The molecule has 0 spiro atoms. The first-order chi connectivity index (χ1) is 12.9. The van der Waals surface area contributed by atoms with Crippen molar-refractivity contribution in [1.82, 2.24) is 15.1 Å². The van der Waals surface area contributed by atoms with E-state index in [9.17, 15) is 24.0 Å². The Kier molecular flexibility index (Phi) is 5.76. The van der Waals surface area contributed by atoms with Crippen LogP contribution in [0.1, 0.15) is 38.5 Å². The molecule has 3 rings (SSSR count). The van der Waals surface area contributed by atoms with Crippen LogP contribution in [0.2, 0.25) is 0 Å². The summed E-state index contributed by atoms with van der Waals surface area (Å²) >= 11 is 0. The molecule has 1 heterocycles. The fourth-order valence-electron chi connectivity index (χ4n) is 3.62. The lowest BCUT2D eigenvalue weighted by molar-refractivity contribution is -0.156. The second-order valence-electron chi connectivity index (χ2n) is 7.51. The molecule has 148 valence electrons. The summed E-state index contributed by atoms with van der Waals surface area (Å²) in [5.41, 5.74) is 0. The van der Waals surface area contributed by atoms with E-state index >= 15 is 0 Å². The van der Waals surface area contributed by atoms with Gasteiger partial charge in [0.2, 0.25) is 17.7 Å². The number of rotatable bonds is 7. The van der Waals surface area contributed by atoms with Crippen molar-refractivity contribution in [1.29, 1.82) is 0 Å². The smallest absolute Gasteiger partial charge is 0.326 e. The van der Waals surface area contributed by atoms with Gasteiger partial charge in [0.15, 0.2) is 6.61 Å². The van der Waals surface area contributed by atoms with Crippen LogP contribution in [0.25, 0.3) is 0 Å². The number of fused-ring (bicyclic) bond motifs is 1. The minimum Gasteiger partial charge on any atom is -0.454 e. The van der Waals surface area contributed by atoms with Gasteiger partial charge in [-0.25, -0.2) is 0 Å². The Balaban J connectivity index is 1.42. The Morgan fingerprint density at radius 3 is 2.22 bits per heavy atom. The van der Waals surface area contributed by atoms with Gasteiger partial charge in [-0.3, -0.25) is 28.9 Å². The molecule has 2 saturated carbocycles. The molecular formula is C18H25N3O6. The summed E-state index contributed by atoms with van der Waals surface area (Å²) in [6.07, 6.45) is 5.08. The zero-order chi connectivity index (χ0) is 19.6. The van der Waals surface area contributed by atoms with E-state index in [1.165, 1.54) is 11.9 Å². The molecule has 0 aromatic carbocycles. The number of esters is 1. The number of likely N-dealkylation sites (tertiary alicyclic amines) is 1. The molecule has 0 radical (unpaired) electrons. The molecule has 1 N–H and O–H groups in total. The monoisotopic (exact) mass is 379 g/mol. The largest absolute Gasteiger partial charge is 0.454 e. The van der Waals surface area contributed by atoms with Crippen molar-refractivity contribution in [2.45, 2.75) is 44.6 Å². The molecule has 0 unspecified atom stereocenters. The number of carbonyl (C=O) groups is 5. The highest BCUT2D eigenvalue weighted by atomic mass is 16.5. The van der Waals surface area contributed by atoms with Crippen molar-refractivity contribution in [3.8, 4) is 0 Å². The predicted molar refractivity (Wildman–Crippen MR) is 91.9 cm³/mol. The summed E-state index contributed by atoms with van der Waals surface area (Å²) in [4.78, 5) is 62.4. The first-order valence-electron chi connectivity index (χ1n) is 9.41. The van der Waals surface area contributed by atoms with Gasteiger partial charge in [0.05, 0.1) is 18.4 Å². The van der Waals surface area contributed by atoms with Gasteiger partial charge < -0.3 is 15.0 Å². The lowest BCUT2D eigenvalue weighted by Gasteiger charge is -2.19. The molecule has 2 atom stereocenters. The first-order valence-corrected chi connectivity index (χ1v) is 9.41. The molecule has 3 aliphatic rings. The van der Waals surface area contributed by atoms with Crippen molar-refractivity contribution >= 4 is 29.6 Å². The van der Waals surface area contributed by atoms with Crippen molar-refractivity contribution in [3.63, 3.8) is 0 Å².